The van der Waals surface area contributed by atoms with Gasteiger partial charge >= 0.3 is 0 Å². The summed E-state index contributed by atoms with van der Waals surface area (Å²) < 4.78 is 0. The summed E-state index contributed by atoms with van der Waals surface area (Å²) in [6.07, 6.45) is 2.71. The number of hydrogen-bond donors (Lipinski definition) is 2. The predicted molar refractivity (Wildman–Crippen MR) is 102 cm³/mol. The number of rotatable bonds is 3. The maximum Gasteiger partial charge on any atom is 0.228 e. The second-order valence-corrected chi connectivity index (χ2v) is 7.54. The van der Waals surface area contributed by atoms with Crippen LogP contribution in [0.2, 0.25) is 5.02 Å². The topological polar surface area (TPSA) is 83.6 Å². The Bertz CT molecular complexity index is 1170. The summed E-state index contributed by atoms with van der Waals surface area (Å²) in [5.74, 6) is 0.0115. The molecule has 0 radical (unpaired) electrons. The van der Waals surface area contributed by atoms with Crippen LogP contribution in [-0.4, -0.2) is 26.3 Å². The fraction of sp³-hybridized carbons (Fsp3) is 0.111. The van der Waals surface area contributed by atoms with Gasteiger partial charge in [0, 0.05) is 23.1 Å². The van der Waals surface area contributed by atoms with Gasteiger partial charge in [-0.3, -0.25) is 9.89 Å². The molecule has 3 heterocycles. The maximum atomic E-state index is 11.7. The van der Waals surface area contributed by atoms with E-state index in [0.717, 1.165) is 43.3 Å². The van der Waals surface area contributed by atoms with Crippen LogP contribution in [0.4, 0.5) is 5.69 Å². The molecule has 26 heavy (non-hydrogen) atoms. The van der Waals surface area contributed by atoms with Crippen LogP contribution in [0.5, 0.6) is 0 Å². The first-order valence-corrected chi connectivity index (χ1v) is 9.23. The quantitative estimate of drug-likeness (QED) is 0.565. The van der Waals surface area contributed by atoms with E-state index < -0.39 is 0 Å². The third-order valence-electron chi connectivity index (χ3n) is 4.46. The number of carbonyl (C=O) groups excluding carboxylic acids is 1. The molecule has 2 N–H and O–H groups in total. The molecule has 0 aliphatic carbocycles. The Morgan fingerprint density at radius 3 is 3.04 bits per heavy atom. The molecule has 0 saturated carbocycles. The van der Waals surface area contributed by atoms with Crippen molar-refractivity contribution < 1.29 is 4.79 Å². The molecule has 128 valence electrons. The fourth-order valence-corrected chi connectivity index (χ4v) is 4.41. The molecule has 5 rings (SSSR count). The van der Waals surface area contributed by atoms with Crippen molar-refractivity contribution in [2.24, 2.45) is 0 Å². The zero-order valence-corrected chi connectivity index (χ0v) is 15.0. The van der Waals surface area contributed by atoms with E-state index in [2.05, 4.69) is 25.7 Å². The number of H-pyrrole nitrogens is 1. The summed E-state index contributed by atoms with van der Waals surface area (Å²) in [6, 6.07) is 9.75. The number of halogens is 1. The lowest BCUT2D eigenvalue weighted by Gasteiger charge is -2.03. The van der Waals surface area contributed by atoms with Crippen LogP contribution >= 0.6 is 22.9 Å². The van der Waals surface area contributed by atoms with Crippen LogP contribution in [0.1, 0.15) is 16.1 Å². The van der Waals surface area contributed by atoms with E-state index >= 15 is 0 Å². The van der Waals surface area contributed by atoms with Crippen LogP contribution in [0.25, 0.3) is 21.5 Å². The molecule has 0 unspecified atom stereocenters. The highest BCUT2D eigenvalue weighted by Gasteiger charge is 2.23. The number of aromatic nitrogens is 4. The van der Waals surface area contributed by atoms with Crippen LogP contribution in [0.15, 0.2) is 36.5 Å². The summed E-state index contributed by atoms with van der Waals surface area (Å²) in [5.41, 5.74) is 4.70. The molecule has 0 spiro atoms. The number of carbonyl (C=O) groups is 1. The number of fused-ring (bicyclic) bond motifs is 2. The van der Waals surface area contributed by atoms with Gasteiger partial charge in [-0.2, -0.15) is 5.10 Å². The van der Waals surface area contributed by atoms with E-state index in [1.54, 1.807) is 6.20 Å². The number of benzene rings is 2. The van der Waals surface area contributed by atoms with Crippen molar-refractivity contribution in [3.8, 4) is 10.6 Å². The van der Waals surface area contributed by atoms with Gasteiger partial charge in [0.15, 0.2) is 0 Å². The lowest BCUT2D eigenvalue weighted by atomic mass is 10.1. The highest BCUT2D eigenvalue weighted by atomic mass is 35.5. The number of nitrogens with zero attached hydrogens (tertiary/aromatic N) is 3. The summed E-state index contributed by atoms with van der Waals surface area (Å²) in [6.45, 7) is 0. The summed E-state index contributed by atoms with van der Waals surface area (Å²) in [5, 5.41) is 21.7. The minimum atomic E-state index is 0.0115. The molecule has 1 aliphatic rings. The standard InChI is InChI=1S/C18H12ClN5OS/c19-17-9(4-5-14-12(17)8-20-22-14)6-16-23-24-18(26-16)10-2-1-3-13-11(10)7-15(25)21-13/h1-5,8H,6-7H2,(H,20,22)(H,21,25). The molecule has 0 atom stereocenters. The van der Waals surface area contributed by atoms with E-state index in [1.807, 2.05) is 30.3 Å². The molecule has 8 heteroatoms. The molecule has 2 aromatic heterocycles. The minimum Gasteiger partial charge on any atom is -0.326 e. The summed E-state index contributed by atoms with van der Waals surface area (Å²) in [7, 11) is 0. The first-order chi connectivity index (χ1) is 12.7. The Morgan fingerprint density at radius 2 is 2.12 bits per heavy atom. The Labute approximate surface area is 157 Å². The number of aromatic amines is 1. The van der Waals surface area contributed by atoms with Gasteiger partial charge in [-0.15, -0.1) is 10.2 Å². The highest BCUT2D eigenvalue weighted by molar-refractivity contribution is 7.14. The van der Waals surface area contributed by atoms with E-state index in [-0.39, 0.29) is 5.91 Å². The Balaban J connectivity index is 1.49. The molecule has 1 aliphatic heterocycles. The lowest BCUT2D eigenvalue weighted by Crippen LogP contribution is -2.03. The number of hydrogen-bond acceptors (Lipinski definition) is 5. The highest BCUT2D eigenvalue weighted by Crippen LogP contribution is 2.35. The third-order valence-corrected chi connectivity index (χ3v) is 5.87. The molecular formula is C18H12ClN5OS. The SMILES string of the molecule is O=C1Cc2c(cccc2-c2nnc(Cc3ccc4[nH]ncc4c3Cl)s2)N1. The summed E-state index contributed by atoms with van der Waals surface area (Å²) in [4.78, 5) is 11.7. The maximum absolute atomic E-state index is 11.7. The van der Waals surface area contributed by atoms with Gasteiger partial charge in [0.1, 0.15) is 10.0 Å². The molecule has 1 amide bonds. The molecule has 0 fully saturated rings. The molecule has 6 nitrogen and oxygen atoms in total. The van der Waals surface area contributed by atoms with Crippen molar-refractivity contribution in [1.82, 2.24) is 20.4 Å². The van der Waals surface area contributed by atoms with Crippen molar-refractivity contribution in [2.45, 2.75) is 12.8 Å². The zero-order valence-electron chi connectivity index (χ0n) is 13.4. The number of amides is 1. The van der Waals surface area contributed by atoms with Gasteiger partial charge in [-0.25, -0.2) is 0 Å². The lowest BCUT2D eigenvalue weighted by molar-refractivity contribution is -0.115. The molecule has 4 aromatic rings. The second-order valence-electron chi connectivity index (χ2n) is 6.10. The van der Waals surface area contributed by atoms with Crippen LogP contribution in [0, 0.1) is 0 Å². The number of anilines is 1. The Kier molecular flexibility index (Phi) is 3.51. The van der Waals surface area contributed by atoms with Gasteiger partial charge < -0.3 is 5.32 Å². The van der Waals surface area contributed by atoms with Crippen molar-refractivity contribution in [3.05, 3.63) is 57.7 Å². The number of nitrogens with one attached hydrogen (secondary N) is 2. The monoisotopic (exact) mass is 381 g/mol. The van der Waals surface area contributed by atoms with E-state index in [1.165, 1.54) is 11.3 Å². The average Bonchev–Trinajstić information content (AvgIpc) is 3.35. The normalized spacial score (nSPS) is 13.2. The van der Waals surface area contributed by atoms with Crippen molar-refractivity contribution >= 4 is 45.4 Å². The van der Waals surface area contributed by atoms with Crippen LogP contribution in [0.3, 0.4) is 0 Å². The summed E-state index contributed by atoms with van der Waals surface area (Å²) >= 11 is 8.02. The first kappa shape index (κ1) is 15.5. The molecule has 0 bridgehead atoms. The van der Waals surface area contributed by atoms with Crippen LogP contribution in [-0.2, 0) is 17.6 Å². The molecule has 0 saturated heterocycles. The predicted octanol–water partition coefficient (Wildman–Crippen LogP) is 3.82. The van der Waals surface area contributed by atoms with E-state index in [9.17, 15) is 4.79 Å². The van der Waals surface area contributed by atoms with Gasteiger partial charge in [-0.05, 0) is 23.3 Å². The smallest absolute Gasteiger partial charge is 0.228 e. The van der Waals surface area contributed by atoms with Crippen molar-refractivity contribution in [3.63, 3.8) is 0 Å². The van der Waals surface area contributed by atoms with E-state index in [4.69, 9.17) is 11.6 Å². The fourth-order valence-electron chi connectivity index (χ4n) is 3.21. The van der Waals surface area contributed by atoms with Gasteiger partial charge in [0.2, 0.25) is 5.91 Å². The van der Waals surface area contributed by atoms with Gasteiger partial charge in [0.05, 0.1) is 23.2 Å². The Hall–Kier alpha value is -2.77. The average molecular weight is 382 g/mol. The zero-order chi connectivity index (χ0) is 17.7. The third kappa shape index (κ3) is 2.48. The van der Waals surface area contributed by atoms with Gasteiger partial charge in [-0.1, -0.05) is 41.1 Å². The first-order valence-electron chi connectivity index (χ1n) is 8.04. The second kappa shape index (κ2) is 5.89. The van der Waals surface area contributed by atoms with Gasteiger partial charge in [0.25, 0.3) is 0 Å². The minimum absolute atomic E-state index is 0.0115. The molecule has 2 aromatic carbocycles. The van der Waals surface area contributed by atoms with Crippen molar-refractivity contribution in [1.29, 1.82) is 0 Å². The Morgan fingerprint density at radius 1 is 1.19 bits per heavy atom. The van der Waals surface area contributed by atoms with E-state index in [0.29, 0.717) is 17.9 Å². The van der Waals surface area contributed by atoms with Crippen LogP contribution < -0.4 is 5.32 Å². The largest absolute Gasteiger partial charge is 0.326 e. The van der Waals surface area contributed by atoms with Crippen molar-refractivity contribution in [2.75, 3.05) is 5.32 Å². The molecular weight excluding hydrogens is 370 g/mol.